The lowest BCUT2D eigenvalue weighted by Crippen LogP contribution is -2.30. The first-order chi connectivity index (χ1) is 11.0. The van der Waals surface area contributed by atoms with E-state index in [0.29, 0.717) is 6.54 Å². The third-order valence-electron chi connectivity index (χ3n) is 4.02. The summed E-state index contributed by atoms with van der Waals surface area (Å²) in [5.41, 5.74) is -0.677. The van der Waals surface area contributed by atoms with Crippen LogP contribution in [-0.2, 0) is 6.18 Å². The lowest BCUT2D eigenvalue weighted by molar-refractivity contribution is -0.137. The summed E-state index contributed by atoms with van der Waals surface area (Å²) in [5, 5.41) is 5.10. The molecule has 1 saturated heterocycles. The molecular weight excluding hydrogens is 323 g/mol. The fourth-order valence-electron chi connectivity index (χ4n) is 2.85. The van der Waals surface area contributed by atoms with Gasteiger partial charge < -0.3 is 5.32 Å². The molecule has 0 aliphatic carbocycles. The van der Waals surface area contributed by atoms with Crippen molar-refractivity contribution in [2.75, 3.05) is 25.0 Å². The summed E-state index contributed by atoms with van der Waals surface area (Å²) in [6, 6.07) is 6.31. The van der Waals surface area contributed by atoms with Crippen molar-refractivity contribution in [2.24, 2.45) is 0 Å². The molecule has 1 N–H and O–H groups in total. The van der Waals surface area contributed by atoms with E-state index < -0.39 is 11.7 Å². The highest BCUT2D eigenvalue weighted by Crippen LogP contribution is 2.31. The fraction of sp³-hybridized carbons (Fsp3) is 0.438. The van der Waals surface area contributed by atoms with Gasteiger partial charge in [0.15, 0.2) is 0 Å². The molecule has 124 valence electrons. The monoisotopic (exact) mass is 341 g/mol. The molecule has 0 aromatic carbocycles. The van der Waals surface area contributed by atoms with Gasteiger partial charge in [0.25, 0.3) is 0 Å². The van der Waals surface area contributed by atoms with Gasteiger partial charge in [-0.2, -0.15) is 13.2 Å². The van der Waals surface area contributed by atoms with Gasteiger partial charge in [0, 0.05) is 17.6 Å². The number of rotatable bonds is 5. The van der Waals surface area contributed by atoms with Gasteiger partial charge >= 0.3 is 6.18 Å². The summed E-state index contributed by atoms with van der Waals surface area (Å²) in [7, 11) is 0. The Labute approximate surface area is 137 Å². The molecule has 1 atom stereocenters. The fourth-order valence-corrected chi connectivity index (χ4v) is 3.71. The van der Waals surface area contributed by atoms with E-state index in [1.807, 2.05) is 11.4 Å². The van der Waals surface area contributed by atoms with Crippen LogP contribution in [0.1, 0.15) is 29.3 Å². The second-order valence-corrected chi connectivity index (χ2v) is 6.56. The molecule has 3 heterocycles. The average Bonchev–Trinajstić information content (AvgIpc) is 3.21. The van der Waals surface area contributed by atoms with Crippen LogP contribution in [-0.4, -0.2) is 29.5 Å². The maximum Gasteiger partial charge on any atom is 0.416 e. The van der Waals surface area contributed by atoms with Gasteiger partial charge in [-0.1, -0.05) is 6.07 Å². The number of pyridine rings is 1. The van der Waals surface area contributed by atoms with E-state index in [4.69, 9.17) is 0 Å². The predicted octanol–water partition coefficient (Wildman–Crippen LogP) is 4.41. The number of likely N-dealkylation sites (tertiary alicyclic amines) is 1. The summed E-state index contributed by atoms with van der Waals surface area (Å²) in [6.07, 6.45) is -0.810. The highest BCUT2D eigenvalue weighted by atomic mass is 32.1. The Kier molecular flexibility index (Phi) is 4.87. The summed E-state index contributed by atoms with van der Waals surface area (Å²) in [5.74, 6) is 0.264. The number of nitrogens with one attached hydrogen (secondary N) is 1. The summed E-state index contributed by atoms with van der Waals surface area (Å²) >= 11 is 1.68. The molecule has 1 unspecified atom stereocenters. The summed E-state index contributed by atoms with van der Waals surface area (Å²) < 4.78 is 38.3. The average molecular weight is 341 g/mol. The Balaban J connectivity index is 1.72. The van der Waals surface area contributed by atoms with Crippen LogP contribution in [0.5, 0.6) is 0 Å². The van der Waals surface area contributed by atoms with Crippen LogP contribution in [0.3, 0.4) is 0 Å². The van der Waals surface area contributed by atoms with E-state index in [9.17, 15) is 13.2 Å². The molecule has 0 spiro atoms. The molecule has 23 heavy (non-hydrogen) atoms. The quantitative estimate of drug-likeness (QED) is 0.873. The lowest BCUT2D eigenvalue weighted by atomic mass is 10.2. The van der Waals surface area contributed by atoms with E-state index in [1.54, 1.807) is 11.3 Å². The van der Waals surface area contributed by atoms with Crippen molar-refractivity contribution in [3.05, 3.63) is 46.3 Å². The summed E-state index contributed by atoms with van der Waals surface area (Å²) in [6.45, 7) is 2.61. The van der Waals surface area contributed by atoms with Crippen molar-refractivity contribution in [2.45, 2.75) is 25.1 Å². The van der Waals surface area contributed by atoms with Crippen molar-refractivity contribution in [1.82, 2.24) is 9.88 Å². The second-order valence-electron chi connectivity index (χ2n) is 5.58. The van der Waals surface area contributed by atoms with E-state index in [0.717, 1.165) is 25.2 Å². The van der Waals surface area contributed by atoms with Gasteiger partial charge in [-0.05, 0) is 49.5 Å². The molecule has 0 radical (unpaired) electrons. The van der Waals surface area contributed by atoms with Gasteiger partial charge in [-0.25, -0.2) is 4.98 Å². The van der Waals surface area contributed by atoms with Crippen LogP contribution in [0.2, 0.25) is 0 Å². The molecule has 3 nitrogen and oxygen atoms in total. The van der Waals surface area contributed by atoms with Gasteiger partial charge in [0.05, 0.1) is 11.6 Å². The van der Waals surface area contributed by atoms with Crippen molar-refractivity contribution in [3.8, 4) is 0 Å². The first-order valence-corrected chi connectivity index (χ1v) is 8.46. The Morgan fingerprint density at radius 2 is 2.04 bits per heavy atom. The first kappa shape index (κ1) is 16.3. The number of alkyl halides is 3. The minimum atomic E-state index is -4.35. The van der Waals surface area contributed by atoms with Gasteiger partial charge in [-0.3, -0.25) is 4.90 Å². The second kappa shape index (κ2) is 6.88. The molecule has 2 aromatic heterocycles. The molecule has 0 saturated carbocycles. The van der Waals surface area contributed by atoms with E-state index in [1.165, 1.54) is 23.9 Å². The third-order valence-corrected chi connectivity index (χ3v) is 4.99. The zero-order valence-electron chi connectivity index (χ0n) is 12.5. The highest BCUT2D eigenvalue weighted by molar-refractivity contribution is 7.10. The topological polar surface area (TPSA) is 28.2 Å². The molecule has 3 rings (SSSR count). The molecule has 2 aromatic rings. The van der Waals surface area contributed by atoms with Crippen molar-refractivity contribution in [3.63, 3.8) is 0 Å². The minimum Gasteiger partial charge on any atom is -0.368 e. The Morgan fingerprint density at radius 1 is 1.26 bits per heavy atom. The third kappa shape index (κ3) is 4.03. The van der Waals surface area contributed by atoms with Crippen LogP contribution in [0.15, 0.2) is 35.8 Å². The smallest absolute Gasteiger partial charge is 0.368 e. The predicted molar refractivity (Wildman–Crippen MR) is 85.6 cm³/mol. The molecule has 1 aliphatic rings. The number of thiophene rings is 1. The van der Waals surface area contributed by atoms with E-state index in [2.05, 4.69) is 21.3 Å². The minimum absolute atomic E-state index is 0.175. The standard InChI is InChI=1S/C16H18F3N3S/c17-16(18,19)12-5-6-20-15(10-12)21-11-13(14-4-3-9-23-14)22-7-1-2-8-22/h3-6,9-10,13H,1-2,7-8,11H2,(H,20,21). The highest BCUT2D eigenvalue weighted by Gasteiger charge is 2.31. The molecule has 7 heteroatoms. The SMILES string of the molecule is FC(F)(F)c1ccnc(NCC(c2cccs2)N2CCCC2)c1. The lowest BCUT2D eigenvalue weighted by Gasteiger charge is -2.27. The maximum absolute atomic E-state index is 12.8. The van der Waals surface area contributed by atoms with Crippen LogP contribution < -0.4 is 5.32 Å². The summed E-state index contributed by atoms with van der Waals surface area (Å²) in [4.78, 5) is 7.62. The number of hydrogen-bond donors (Lipinski definition) is 1. The van der Waals surface area contributed by atoms with Crippen LogP contribution in [0.4, 0.5) is 19.0 Å². The van der Waals surface area contributed by atoms with E-state index in [-0.39, 0.29) is 11.9 Å². The number of nitrogens with zero attached hydrogens (tertiary/aromatic N) is 2. The number of hydrogen-bond acceptors (Lipinski definition) is 4. The molecule has 0 bridgehead atoms. The molecular formula is C16H18F3N3S. The van der Waals surface area contributed by atoms with Gasteiger partial charge in [0.2, 0.25) is 0 Å². The molecule has 1 fully saturated rings. The maximum atomic E-state index is 12.8. The number of halogens is 3. The number of anilines is 1. The van der Waals surface area contributed by atoms with E-state index >= 15 is 0 Å². The van der Waals surface area contributed by atoms with Crippen molar-refractivity contribution in [1.29, 1.82) is 0 Å². The molecule has 1 aliphatic heterocycles. The zero-order chi connectivity index (χ0) is 16.3. The first-order valence-electron chi connectivity index (χ1n) is 7.58. The zero-order valence-corrected chi connectivity index (χ0v) is 13.3. The number of aromatic nitrogens is 1. The Morgan fingerprint density at radius 3 is 2.70 bits per heavy atom. The van der Waals surface area contributed by atoms with Crippen LogP contribution in [0.25, 0.3) is 0 Å². The van der Waals surface area contributed by atoms with Crippen LogP contribution >= 0.6 is 11.3 Å². The Hall–Kier alpha value is -1.60. The Bertz CT molecular complexity index is 622. The van der Waals surface area contributed by atoms with Crippen molar-refractivity contribution < 1.29 is 13.2 Å². The molecule has 0 amide bonds. The van der Waals surface area contributed by atoms with Crippen molar-refractivity contribution >= 4 is 17.2 Å². The largest absolute Gasteiger partial charge is 0.416 e. The normalized spacial score (nSPS) is 17.3. The van der Waals surface area contributed by atoms with Gasteiger partial charge in [-0.15, -0.1) is 11.3 Å². The van der Waals surface area contributed by atoms with Gasteiger partial charge in [0.1, 0.15) is 5.82 Å². The van der Waals surface area contributed by atoms with Crippen LogP contribution in [0, 0.1) is 0 Å².